The van der Waals surface area contributed by atoms with E-state index in [1.807, 2.05) is 38.9 Å². The monoisotopic (exact) mass is 265 g/mol. The molecule has 2 aromatic heterocycles. The molecule has 1 N–H and O–H groups in total. The van der Waals surface area contributed by atoms with Crippen LogP contribution in [-0.2, 0) is 5.75 Å². The van der Waals surface area contributed by atoms with Crippen molar-refractivity contribution in [3.8, 4) is 11.3 Å². The van der Waals surface area contributed by atoms with Crippen LogP contribution in [0.25, 0.3) is 11.3 Å². The third-order valence-corrected chi connectivity index (χ3v) is 4.48. The maximum atomic E-state index is 4.51. The van der Waals surface area contributed by atoms with Gasteiger partial charge in [0.15, 0.2) is 0 Å². The zero-order valence-corrected chi connectivity index (χ0v) is 11.8. The second-order valence-electron chi connectivity index (χ2n) is 3.20. The number of aromatic nitrogens is 2. The molecule has 0 saturated heterocycles. The molecule has 0 atom stereocenters. The zero-order chi connectivity index (χ0) is 12.3. The molecule has 0 amide bonds. The van der Waals surface area contributed by atoms with Crippen molar-refractivity contribution in [1.82, 2.24) is 9.97 Å². The number of hydrogen-bond acceptors (Lipinski definition) is 5. The summed E-state index contributed by atoms with van der Waals surface area (Å²) in [4.78, 5) is 11.3. The van der Waals surface area contributed by atoms with Gasteiger partial charge in [-0.25, -0.2) is 9.97 Å². The van der Waals surface area contributed by atoms with Gasteiger partial charge in [-0.3, -0.25) is 0 Å². The number of nitrogens with one attached hydrogen (secondary N) is 1. The van der Waals surface area contributed by atoms with Crippen LogP contribution in [0.5, 0.6) is 0 Å². The molecule has 0 aliphatic carbocycles. The molecule has 3 heterocycles. The molecule has 17 heavy (non-hydrogen) atoms. The number of hydrogen-bond donors (Lipinski definition) is 1. The van der Waals surface area contributed by atoms with Crippen molar-refractivity contribution < 1.29 is 0 Å². The van der Waals surface area contributed by atoms with Gasteiger partial charge in [-0.1, -0.05) is 13.8 Å². The molecule has 0 aromatic carbocycles. The summed E-state index contributed by atoms with van der Waals surface area (Å²) in [6.07, 6.45) is 1.90. The molecule has 0 fully saturated rings. The highest BCUT2D eigenvalue weighted by Crippen LogP contribution is 2.42. The number of rotatable bonds is 1. The molecule has 5 heteroatoms. The molecule has 0 unspecified atom stereocenters. The highest BCUT2D eigenvalue weighted by Gasteiger charge is 2.19. The minimum Gasteiger partial charge on any atom is -0.357 e. The summed E-state index contributed by atoms with van der Waals surface area (Å²) in [5.74, 6) is 1.73. The molecular formula is C12H15N3S2. The van der Waals surface area contributed by atoms with Crippen LogP contribution in [0.4, 0.5) is 5.95 Å². The standard InChI is InChI=1S/C10H9N3S2.C2H6/c1-11-10-12-4-7-9(13-10)6-2-3-14-8(6)5-15-7;1-2/h2-4H,5H2,1H3,(H,11,12,13);1-2H3. The van der Waals surface area contributed by atoms with Crippen molar-refractivity contribution >= 4 is 29.0 Å². The lowest BCUT2D eigenvalue weighted by Crippen LogP contribution is -2.01. The molecule has 0 saturated carbocycles. The molecular weight excluding hydrogens is 250 g/mol. The van der Waals surface area contributed by atoms with Gasteiger partial charge in [0.1, 0.15) is 0 Å². The predicted octanol–water partition coefficient (Wildman–Crippen LogP) is 3.88. The van der Waals surface area contributed by atoms with E-state index in [2.05, 4.69) is 26.7 Å². The Labute approximate surface area is 110 Å². The van der Waals surface area contributed by atoms with Crippen molar-refractivity contribution in [2.75, 3.05) is 12.4 Å². The number of thiophene rings is 1. The third kappa shape index (κ3) is 2.30. The fourth-order valence-electron chi connectivity index (χ4n) is 1.60. The van der Waals surface area contributed by atoms with E-state index in [0.717, 1.165) is 11.4 Å². The maximum absolute atomic E-state index is 4.51. The number of nitrogens with zero attached hydrogens (tertiary/aromatic N) is 2. The van der Waals surface area contributed by atoms with Crippen LogP contribution in [0.1, 0.15) is 18.7 Å². The van der Waals surface area contributed by atoms with Crippen LogP contribution < -0.4 is 5.32 Å². The van der Waals surface area contributed by atoms with Crippen LogP contribution >= 0.6 is 23.1 Å². The van der Waals surface area contributed by atoms with Gasteiger partial charge in [-0.15, -0.1) is 23.1 Å². The fourth-order valence-corrected chi connectivity index (χ4v) is 3.57. The molecule has 3 rings (SSSR count). The first-order chi connectivity index (χ1) is 8.38. The summed E-state index contributed by atoms with van der Waals surface area (Å²) in [6, 6.07) is 2.14. The number of fused-ring (bicyclic) bond motifs is 3. The van der Waals surface area contributed by atoms with Crippen LogP contribution in [0.2, 0.25) is 0 Å². The third-order valence-electron chi connectivity index (χ3n) is 2.34. The lowest BCUT2D eigenvalue weighted by atomic mass is 10.2. The average molecular weight is 265 g/mol. The predicted molar refractivity (Wildman–Crippen MR) is 75.8 cm³/mol. The summed E-state index contributed by atoms with van der Waals surface area (Å²) >= 11 is 3.61. The van der Waals surface area contributed by atoms with Gasteiger partial charge in [0.2, 0.25) is 5.95 Å². The molecule has 90 valence electrons. The van der Waals surface area contributed by atoms with Gasteiger partial charge in [0, 0.05) is 29.4 Å². The van der Waals surface area contributed by atoms with E-state index in [4.69, 9.17) is 0 Å². The normalized spacial score (nSPS) is 11.9. The summed E-state index contributed by atoms with van der Waals surface area (Å²) in [6.45, 7) is 4.00. The van der Waals surface area contributed by atoms with E-state index < -0.39 is 0 Å². The largest absolute Gasteiger partial charge is 0.357 e. The highest BCUT2D eigenvalue weighted by atomic mass is 32.2. The van der Waals surface area contributed by atoms with E-state index in [-0.39, 0.29) is 0 Å². The lowest BCUT2D eigenvalue weighted by molar-refractivity contribution is 1.09. The Kier molecular flexibility index (Phi) is 4.02. The van der Waals surface area contributed by atoms with Gasteiger partial charge >= 0.3 is 0 Å². The first-order valence-corrected chi connectivity index (χ1v) is 7.49. The number of thioether (sulfide) groups is 1. The van der Waals surface area contributed by atoms with E-state index in [9.17, 15) is 0 Å². The average Bonchev–Trinajstić information content (AvgIpc) is 2.89. The van der Waals surface area contributed by atoms with E-state index in [0.29, 0.717) is 5.95 Å². The van der Waals surface area contributed by atoms with Crippen LogP contribution in [-0.4, -0.2) is 17.0 Å². The Morgan fingerprint density at radius 3 is 2.94 bits per heavy atom. The molecule has 0 bridgehead atoms. The summed E-state index contributed by atoms with van der Waals surface area (Å²) in [5, 5.41) is 5.10. The van der Waals surface area contributed by atoms with E-state index >= 15 is 0 Å². The van der Waals surface area contributed by atoms with Gasteiger partial charge in [0.25, 0.3) is 0 Å². The smallest absolute Gasteiger partial charge is 0.223 e. The zero-order valence-electron chi connectivity index (χ0n) is 10.2. The maximum Gasteiger partial charge on any atom is 0.223 e. The fraction of sp³-hybridized carbons (Fsp3) is 0.333. The molecule has 2 aromatic rings. The minimum atomic E-state index is 0.688. The molecule has 1 aliphatic heterocycles. The van der Waals surface area contributed by atoms with Gasteiger partial charge < -0.3 is 5.32 Å². The van der Waals surface area contributed by atoms with Crippen LogP contribution in [0.15, 0.2) is 22.5 Å². The quantitative estimate of drug-likeness (QED) is 0.849. The molecule has 1 aliphatic rings. The van der Waals surface area contributed by atoms with Crippen molar-refractivity contribution in [3.63, 3.8) is 0 Å². The van der Waals surface area contributed by atoms with E-state index in [1.54, 1.807) is 11.3 Å². The first-order valence-electron chi connectivity index (χ1n) is 5.63. The van der Waals surface area contributed by atoms with Crippen molar-refractivity contribution in [3.05, 3.63) is 22.5 Å². The van der Waals surface area contributed by atoms with Gasteiger partial charge in [-0.05, 0) is 11.4 Å². The Bertz CT molecular complexity index is 508. The van der Waals surface area contributed by atoms with E-state index in [1.165, 1.54) is 15.3 Å². The highest BCUT2D eigenvalue weighted by molar-refractivity contribution is 7.98. The van der Waals surface area contributed by atoms with Crippen LogP contribution in [0.3, 0.4) is 0 Å². The van der Waals surface area contributed by atoms with Gasteiger partial charge in [-0.2, -0.15) is 0 Å². The Morgan fingerprint density at radius 1 is 1.35 bits per heavy atom. The molecule has 0 spiro atoms. The SMILES string of the molecule is CC.CNc1ncc2c(n1)-c1ccsc1CS2. The van der Waals surface area contributed by atoms with Gasteiger partial charge in [0.05, 0.1) is 10.6 Å². The van der Waals surface area contributed by atoms with Crippen molar-refractivity contribution in [1.29, 1.82) is 0 Å². The van der Waals surface area contributed by atoms with Crippen molar-refractivity contribution in [2.45, 2.75) is 24.5 Å². The topological polar surface area (TPSA) is 37.8 Å². The van der Waals surface area contributed by atoms with Crippen LogP contribution in [0, 0.1) is 0 Å². The summed E-state index contributed by atoms with van der Waals surface area (Å²) < 4.78 is 0. The second-order valence-corrected chi connectivity index (χ2v) is 5.22. The Hall–Kier alpha value is -1.07. The molecule has 0 radical (unpaired) electrons. The minimum absolute atomic E-state index is 0.688. The lowest BCUT2D eigenvalue weighted by Gasteiger charge is -2.14. The summed E-state index contributed by atoms with van der Waals surface area (Å²) in [7, 11) is 1.84. The summed E-state index contributed by atoms with van der Waals surface area (Å²) in [5.41, 5.74) is 2.34. The molecule has 3 nitrogen and oxygen atoms in total. The Balaban J connectivity index is 0.000000514. The van der Waals surface area contributed by atoms with Crippen molar-refractivity contribution in [2.24, 2.45) is 0 Å². The first kappa shape index (κ1) is 12.4. The number of anilines is 1. The Morgan fingerprint density at radius 2 is 2.18 bits per heavy atom. The second kappa shape index (κ2) is 5.51.